The van der Waals surface area contributed by atoms with Crippen molar-refractivity contribution in [3.63, 3.8) is 0 Å². The largest absolute Gasteiger partial charge is 0.310 e. The van der Waals surface area contributed by atoms with Crippen LogP contribution in [-0.4, -0.2) is 0 Å². The maximum Gasteiger partial charge on any atom is 0.0540 e. The second kappa shape index (κ2) is 17.7. The number of rotatable bonds is 10. The maximum absolute atomic E-state index is 2.42. The Morgan fingerprint density at radius 2 is 0.585 bits per heavy atom. The lowest BCUT2D eigenvalue weighted by atomic mass is 9.86. The highest BCUT2D eigenvalue weighted by Gasteiger charge is 2.21. The third kappa shape index (κ3) is 7.93. The second-order valence-electron chi connectivity index (χ2n) is 16.5. The van der Waals surface area contributed by atoms with Gasteiger partial charge in [0.05, 0.1) is 5.69 Å². The van der Waals surface area contributed by atoms with Crippen molar-refractivity contribution in [3.8, 4) is 77.9 Å². The Balaban J connectivity index is 1.07. The van der Waals surface area contributed by atoms with Gasteiger partial charge in [0.2, 0.25) is 0 Å². The highest BCUT2D eigenvalue weighted by Crippen LogP contribution is 2.47. The zero-order chi connectivity index (χ0) is 43.4. The molecule has 1 nitrogen and oxygen atoms in total. The molecule has 0 spiro atoms. The molecule has 0 unspecified atom stereocenters. The minimum Gasteiger partial charge on any atom is -0.310 e. The zero-order valence-electron chi connectivity index (χ0n) is 35.9. The van der Waals surface area contributed by atoms with Gasteiger partial charge in [-0.25, -0.2) is 0 Å². The quantitative estimate of drug-likeness (QED) is 0.133. The van der Waals surface area contributed by atoms with Crippen molar-refractivity contribution in [2.75, 3.05) is 4.90 Å². The molecular formula is C64H45N. The fourth-order valence-corrected chi connectivity index (χ4v) is 9.28. The average molecular weight is 828 g/mol. The standard InChI is InChI=1S/C64H45N/c1-4-17-46(18-5-1)48-31-33-49(34-32-48)50-35-40-55(41-36-50)65(56-42-37-53(38-43-56)58-29-16-24-52-23-10-11-25-57(52)58)64-30-15-14-28-62(64)61-44-39-54(47-19-6-2-7-20-47)45-63(61)60-27-13-12-26-59(60)51-21-8-3-9-22-51/h1-45H. The summed E-state index contributed by atoms with van der Waals surface area (Å²) in [5.41, 5.74) is 19.9. The monoisotopic (exact) mass is 827 g/mol. The lowest BCUT2D eigenvalue weighted by Crippen LogP contribution is -2.11. The fraction of sp³-hybridized carbons (Fsp3) is 0. The molecule has 11 rings (SSSR count). The zero-order valence-corrected chi connectivity index (χ0v) is 35.9. The third-order valence-electron chi connectivity index (χ3n) is 12.5. The molecule has 0 aliphatic heterocycles. The van der Waals surface area contributed by atoms with Gasteiger partial charge in [0, 0.05) is 16.9 Å². The van der Waals surface area contributed by atoms with Crippen LogP contribution in [0.3, 0.4) is 0 Å². The Labute approximate surface area is 381 Å². The topological polar surface area (TPSA) is 3.24 Å². The predicted octanol–water partition coefficient (Wildman–Crippen LogP) is 18.0. The van der Waals surface area contributed by atoms with Gasteiger partial charge in [-0.15, -0.1) is 0 Å². The number of nitrogens with zero attached hydrogens (tertiary/aromatic N) is 1. The van der Waals surface area contributed by atoms with Crippen molar-refractivity contribution in [2.24, 2.45) is 0 Å². The molecule has 0 amide bonds. The van der Waals surface area contributed by atoms with Crippen molar-refractivity contribution in [1.82, 2.24) is 0 Å². The SMILES string of the molecule is c1ccc(-c2ccc(-c3ccc(N(c4ccc(-c5cccc6ccccc56)cc4)c4ccccc4-c4ccc(-c5ccccc5)cc4-c4ccccc4-c4ccccc4)cc3)cc2)cc1. The summed E-state index contributed by atoms with van der Waals surface area (Å²) < 4.78 is 0. The Hall–Kier alpha value is -8.52. The minimum absolute atomic E-state index is 1.08. The summed E-state index contributed by atoms with van der Waals surface area (Å²) in [5.74, 6) is 0. The molecule has 0 fully saturated rings. The first kappa shape index (κ1) is 39.3. The summed E-state index contributed by atoms with van der Waals surface area (Å²) in [4.78, 5) is 2.42. The highest BCUT2D eigenvalue weighted by atomic mass is 15.1. The van der Waals surface area contributed by atoms with Gasteiger partial charge in [-0.05, 0) is 119 Å². The molecule has 0 N–H and O–H groups in total. The Morgan fingerprint density at radius 3 is 1.22 bits per heavy atom. The van der Waals surface area contributed by atoms with Gasteiger partial charge in [0.15, 0.2) is 0 Å². The molecule has 0 atom stereocenters. The van der Waals surface area contributed by atoms with Crippen LogP contribution in [-0.2, 0) is 0 Å². The number of benzene rings is 11. The molecule has 0 aromatic heterocycles. The molecular weight excluding hydrogens is 783 g/mol. The van der Waals surface area contributed by atoms with E-state index < -0.39 is 0 Å². The Morgan fingerprint density at radius 1 is 0.200 bits per heavy atom. The first-order valence-electron chi connectivity index (χ1n) is 22.3. The van der Waals surface area contributed by atoms with Gasteiger partial charge in [-0.2, -0.15) is 0 Å². The third-order valence-corrected chi connectivity index (χ3v) is 12.5. The van der Waals surface area contributed by atoms with E-state index in [-0.39, 0.29) is 0 Å². The summed E-state index contributed by atoms with van der Waals surface area (Å²) >= 11 is 0. The van der Waals surface area contributed by atoms with E-state index in [1.54, 1.807) is 0 Å². The number of anilines is 3. The van der Waals surface area contributed by atoms with Gasteiger partial charge in [-0.1, -0.05) is 237 Å². The minimum atomic E-state index is 1.08. The first-order chi connectivity index (χ1) is 32.2. The Kier molecular flexibility index (Phi) is 10.7. The van der Waals surface area contributed by atoms with E-state index in [2.05, 4.69) is 278 Å². The molecule has 306 valence electrons. The van der Waals surface area contributed by atoms with Crippen molar-refractivity contribution < 1.29 is 0 Å². The second-order valence-corrected chi connectivity index (χ2v) is 16.5. The number of hydrogen-bond donors (Lipinski definition) is 0. The molecule has 0 aliphatic carbocycles. The summed E-state index contributed by atoms with van der Waals surface area (Å²) in [6.07, 6.45) is 0. The van der Waals surface area contributed by atoms with Crippen LogP contribution in [0.5, 0.6) is 0 Å². The number of fused-ring (bicyclic) bond motifs is 1. The normalized spacial score (nSPS) is 11.1. The van der Waals surface area contributed by atoms with Crippen molar-refractivity contribution in [1.29, 1.82) is 0 Å². The van der Waals surface area contributed by atoms with E-state index >= 15 is 0 Å². The van der Waals surface area contributed by atoms with E-state index in [0.717, 1.165) is 28.2 Å². The molecule has 11 aromatic rings. The van der Waals surface area contributed by atoms with E-state index in [0.29, 0.717) is 0 Å². The van der Waals surface area contributed by atoms with Crippen LogP contribution in [0.15, 0.2) is 273 Å². The van der Waals surface area contributed by atoms with Gasteiger partial charge in [0.25, 0.3) is 0 Å². The lowest BCUT2D eigenvalue weighted by Gasteiger charge is -2.29. The van der Waals surface area contributed by atoms with Crippen LogP contribution >= 0.6 is 0 Å². The Bertz CT molecular complexity index is 3370. The molecule has 65 heavy (non-hydrogen) atoms. The summed E-state index contributed by atoms with van der Waals surface area (Å²) in [7, 11) is 0. The van der Waals surface area contributed by atoms with Crippen LogP contribution in [0, 0.1) is 0 Å². The maximum atomic E-state index is 2.42. The smallest absolute Gasteiger partial charge is 0.0540 e. The molecule has 11 aromatic carbocycles. The van der Waals surface area contributed by atoms with Crippen molar-refractivity contribution in [3.05, 3.63) is 273 Å². The van der Waals surface area contributed by atoms with Crippen LogP contribution in [0.4, 0.5) is 17.1 Å². The van der Waals surface area contributed by atoms with E-state index in [1.807, 2.05) is 0 Å². The van der Waals surface area contributed by atoms with Gasteiger partial charge in [0.1, 0.15) is 0 Å². The number of hydrogen-bond acceptors (Lipinski definition) is 1. The number of para-hydroxylation sites is 1. The summed E-state index contributed by atoms with van der Waals surface area (Å²) in [6, 6.07) is 98.9. The summed E-state index contributed by atoms with van der Waals surface area (Å²) in [5, 5.41) is 2.49. The van der Waals surface area contributed by atoms with E-state index in [1.165, 1.54) is 77.5 Å². The van der Waals surface area contributed by atoms with Gasteiger partial charge >= 0.3 is 0 Å². The van der Waals surface area contributed by atoms with E-state index in [9.17, 15) is 0 Å². The van der Waals surface area contributed by atoms with Crippen molar-refractivity contribution >= 4 is 27.8 Å². The molecule has 0 bridgehead atoms. The average Bonchev–Trinajstić information content (AvgIpc) is 3.40. The fourth-order valence-electron chi connectivity index (χ4n) is 9.28. The highest BCUT2D eigenvalue weighted by molar-refractivity contribution is 6.00. The van der Waals surface area contributed by atoms with Crippen LogP contribution in [0.1, 0.15) is 0 Å². The van der Waals surface area contributed by atoms with Crippen molar-refractivity contribution in [2.45, 2.75) is 0 Å². The molecule has 0 radical (unpaired) electrons. The van der Waals surface area contributed by atoms with Gasteiger partial charge < -0.3 is 4.90 Å². The predicted molar refractivity (Wildman–Crippen MR) is 277 cm³/mol. The molecule has 0 aliphatic rings. The van der Waals surface area contributed by atoms with Gasteiger partial charge in [-0.3, -0.25) is 0 Å². The first-order valence-corrected chi connectivity index (χ1v) is 22.3. The molecule has 0 saturated heterocycles. The van der Waals surface area contributed by atoms with Crippen LogP contribution in [0.2, 0.25) is 0 Å². The molecule has 0 heterocycles. The summed E-state index contributed by atoms with van der Waals surface area (Å²) in [6.45, 7) is 0. The molecule has 1 heteroatoms. The van der Waals surface area contributed by atoms with Crippen LogP contribution < -0.4 is 4.90 Å². The van der Waals surface area contributed by atoms with Crippen LogP contribution in [0.25, 0.3) is 88.7 Å². The molecule has 0 saturated carbocycles. The lowest BCUT2D eigenvalue weighted by molar-refractivity contribution is 1.28. The van der Waals surface area contributed by atoms with E-state index in [4.69, 9.17) is 0 Å².